The van der Waals surface area contributed by atoms with Crippen molar-refractivity contribution in [1.29, 1.82) is 0 Å². The lowest BCUT2D eigenvalue weighted by atomic mass is 10.1. The number of benzene rings is 4. The summed E-state index contributed by atoms with van der Waals surface area (Å²) in [4.78, 5) is 0. The molecule has 0 aliphatic heterocycles. The Balaban J connectivity index is 1.56. The van der Waals surface area contributed by atoms with Crippen molar-refractivity contribution in [2.75, 3.05) is 6.61 Å². The summed E-state index contributed by atoms with van der Waals surface area (Å²) < 4.78 is 5.98. The Hall–Kier alpha value is -2.73. The summed E-state index contributed by atoms with van der Waals surface area (Å²) in [6, 6.07) is 40.9. The van der Waals surface area contributed by atoms with Crippen LogP contribution in [-0.4, -0.2) is 6.61 Å². The number of ether oxygens (including phenoxy) is 1. The summed E-state index contributed by atoms with van der Waals surface area (Å²) >= 11 is 0. The zero-order valence-electron chi connectivity index (χ0n) is 16.4. The quantitative estimate of drug-likeness (QED) is 0.294. The average molecular weight is 396 g/mol. The van der Waals surface area contributed by atoms with Crippen LogP contribution in [0, 0.1) is 0 Å². The zero-order valence-corrected chi connectivity index (χ0v) is 17.3. The van der Waals surface area contributed by atoms with E-state index in [1.807, 2.05) is 6.07 Å². The Morgan fingerprint density at radius 3 is 1.69 bits per heavy atom. The van der Waals surface area contributed by atoms with E-state index in [1.165, 1.54) is 27.0 Å². The summed E-state index contributed by atoms with van der Waals surface area (Å²) in [5.74, 6) is 0. The van der Waals surface area contributed by atoms with Crippen LogP contribution in [0.1, 0.15) is 11.1 Å². The van der Waals surface area contributed by atoms with Crippen LogP contribution in [0.5, 0.6) is 0 Å². The first-order valence-electron chi connectivity index (χ1n) is 10.0. The van der Waals surface area contributed by atoms with Crippen LogP contribution in [-0.2, 0) is 17.8 Å². The Bertz CT molecular complexity index is 961. The molecule has 0 spiro atoms. The van der Waals surface area contributed by atoms with Gasteiger partial charge in [-0.2, -0.15) is 0 Å². The van der Waals surface area contributed by atoms with Gasteiger partial charge >= 0.3 is 0 Å². The summed E-state index contributed by atoms with van der Waals surface area (Å²) in [5.41, 5.74) is 2.59. The summed E-state index contributed by atoms with van der Waals surface area (Å²) in [6.45, 7) is 1.38. The molecule has 144 valence electrons. The topological polar surface area (TPSA) is 9.23 Å². The minimum absolute atomic E-state index is 0.587. The fourth-order valence-electron chi connectivity index (χ4n) is 3.47. The van der Waals surface area contributed by atoms with Crippen molar-refractivity contribution >= 4 is 23.8 Å². The van der Waals surface area contributed by atoms with Crippen molar-refractivity contribution in [3.8, 4) is 0 Å². The van der Waals surface area contributed by atoms with Gasteiger partial charge in [-0.05, 0) is 41.4 Å². The van der Waals surface area contributed by atoms with E-state index in [-0.39, 0.29) is 0 Å². The van der Waals surface area contributed by atoms with Gasteiger partial charge in [0, 0.05) is 0 Å². The van der Waals surface area contributed by atoms with Crippen LogP contribution in [0.2, 0.25) is 0 Å². The average Bonchev–Trinajstić information content (AvgIpc) is 2.80. The molecule has 4 aromatic carbocycles. The van der Waals surface area contributed by atoms with Crippen LogP contribution < -0.4 is 15.9 Å². The van der Waals surface area contributed by atoms with Crippen molar-refractivity contribution in [3.05, 3.63) is 126 Å². The highest BCUT2D eigenvalue weighted by molar-refractivity contribution is 7.79. The van der Waals surface area contributed by atoms with Gasteiger partial charge < -0.3 is 4.74 Å². The minimum Gasteiger partial charge on any atom is -0.376 e. The molecule has 0 aliphatic rings. The van der Waals surface area contributed by atoms with Crippen molar-refractivity contribution < 1.29 is 4.74 Å². The normalized spacial score (nSPS) is 10.9. The van der Waals surface area contributed by atoms with Gasteiger partial charge in [0.15, 0.2) is 0 Å². The standard InChI is InChI=1S/C27H25OP/c1-4-12-23(13-5-1)22-28-21-20-24-14-10-11-19-27(24)29(25-15-6-2-7-16-25)26-17-8-3-9-18-26/h1-19H,20-22H2. The molecule has 0 heterocycles. The summed E-state index contributed by atoms with van der Waals surface area (Å²) in [5, 5.41) is 4.18. The third kappa shape index (κ3) is 5.21. The number of hydrogen-bond donors (Lipinski definition) is 0. The van der Waals surface area contributed by atoms with Crippen molar-refractivity contribution in [1.82, 2.24) is 0 Å². The third-order valence-electron chi connectivity index (χ3n) is 4.89. The molecule has 0 amide bonds. The van der Waals surface area contributed by atoms with Crippen molar-refractivity contribution in [2.45, 2.75) is 13.0 Å². The highest BCUT2D eigenvalue weighted by Gasteiger charge is 2.18. The largest absolute Gasteiger partial charge is 0.376 e. The third-order valence-corrected chi connectivity index (χ3v) is 7.44. The highest BCUT2D eigenvalue weighted by atomic mass is 31.1. The maximum atomic E-state index is 5.98. The molecule has 29 heavy (non-hydrogen) atoms. The van der Waals surface area contributed by atoms with Gasteiger partial charge in [0.2, 0.25) is 0 Å². The molecule has 0 saturated carbocycles. The predicted octanol–water partition coefficient (Wildman–Crippen LogP) is 5.20. The molecule has 0 aliphatic carbocycles. The Labute approximate surface area is 174 Å². The molecule has 0 N–H and O–H groups in total. The van der Waals surface area contributed by atoms with Gasteiger partial charge in [-0.25, -0.2) is 0 Å². The van der Waals surface area contributed by atoms with Gasteiger partial charge in [-0.3, -0.25) is 0 Å². The lowest BCUT2D eigenvalue weighted by Gasteiger charge is -2.22. The van der Waals surface area contributed by atoms with Crippen LogP contribution in [0.4, 0.5) is 0 Å². The molecule has 0 bridgehead atoms. The summed E-state index contributed by atoms with van der Waals surface area (Å²) in [7, 11) is -0.587. The maximum Gasteiger partial charge on any atom is 0.0717 e. The molecule has 0 unspecified atom stereocenters. The molecule has 0 fully saturated rings. The van der Waals surface area contributed by atoms with Gasteiger partial charge in [-0.15, -0.1) is 0 Å². The molecule has 0 atom stereocenters. The minimum atomic E-state index is -0.587. The molecular formula is C27H25OP. The Kier molecular flexibility index (Phi) is 6.86. The van der Waals surface area contributed by atoms with Crippen LogP contribution in [0.25, 0.3) is 0 Å². The first kappa shape index (κ1) is 19.6. The predicted molar refractivity (Wildman–Crippen MR) is 125 cm³/mol. The SMILES string of the molecule is c1ccc(COCCc2ccccc2P(c2ccccc2)c2ccccc2)cc1. The van der Waals surface area contributed by atoms with Crippen LogP contribution >= 0.6 is 7.92 Å². The van der Waals surface area contributed by atoms with Gasteiger partial charge in [0.25, 0.3) is 0 Å². The fourth-order valence-corrected chi connectivity index (χ4v) is 5.97. The number of hydrogen-bond acceptors (Lipinski definition) is 1. The second-order valence-corrected chi connectivity index (χ2v) is 9.11. The molecule has 0 aromatic heterocycles. The van der Waals surface area contributed by atoms with Gasteiger partial charge in [-0.1, -0.05) is 115 Å². The lowest BCUT2D eigenvalue weighted by molar-refractivity contribution is 0.124. The Morgan fingerprint density at radius 1 is 0.552 bits per heavy atom. The first-order valence-corrected chi connectivity index (χ1v) is 11.4. The van der Waals surface area contributed by atoms with E-state index >= 15 is 0 Å². The van der Waals surface area contributed by atoms with Crippen LogP contribution in [0.15, 0.2) is 115 Å². The Morgan fingerprint density at radius 2 is 1.07 bits per heavy atom. The molecule has 0 radical (unpaired) electrons. The van der Waals surface area contributed by atoms with Gasteiger partial charge in [0.1, 0.15) is 0 Å². The maximum absolute atomic E-state index is 5.98. The molecule has 0 saturated heterocycles. The van der Waals surface area contributed by atoms with Crippen molar-refractivity contribution in [3.63, 3.8) is 0 Å². The van der Waals surface area contributed by atoms with E-state index in [1.54, 1.807) is 0 Å². The number of rotatable bonds is 8. The molecule has 2 heteroatoms. The fraction of sp³-hybridized carbons (Fsp3) is 0.111. The summed E-state index contributed by atoms with van der Waals surface area (Å²) in [6.07, 6.45) is 0.918. The lowest BCUT2D eigenvalue weighted by Crippen LogP contribution is -2.23. The monoisotopic (exact) mass is 396 g/mol. The molecular weight excluding hydrogens is 371 g/mol. The van der Waals surface area contributed by atoms with Crippen molar-refractivity contribution in [2.24, 2.45) is 0 Å². The first-order chi connectivity index (χ1) is 14.4. The smallest absolute Gasteiger partial charge is 0.0717 e. The van der Waals surface area contributed by atoms with Crippen LogP contribution in [0.3, 0.4) is 0 Å². The van der Waals surface area contributed by atoms with E-state index in [4.69, 9.17) is 4.74 Å². The second-order valence-electron chi connectivity index (χ2n) is 6.92. The highest BCUT2D eigenvalue weighted by Crippen LogP contribution is 2.34. The van der Waals surface area contributed by atoms with E-state index in [9.17, 15) is 0 Å². The second kappa shape index (κ2) is 10.2. The zero-order chi connectivity index (χ0) is 19.7. The molecule has 4 rings (SSSR count). The van der Waals surface area contributed by atoms with E-state index in [0.717, 1.165) is 13.0 Å². The molecule has 1 nitrogen and oxygen atoms in total. The van der Waals surface area contributed by atoms with E-state index in [0.29, 0.717) is 6.61 Å². The van der Waals surface area contributed by atoms with Gasteiger partial charge in [0.05, 0.1) is 13.2 Å². The molecule has 4 aromatic rings. The van der Waals surface area contributed by atoms with E-state index < -0.39 is 7.92 Å². The van der Waals surface area contributed by atoms with E-state index in [2.05, 4.69) is 109 Å².